The maximum atomic E-state index is 9.99. The summed E-state index contributed by atoms with van der Waals surface area (Å²) in [5.74, 6) is -2.20. The molecule has 0 saturated heterocycles. The van der Waals surface area contributed by atoms with Crippen molar-refractivity contribution in [2.24, 2.45) is 5.73 Å². The molecule has 7 heteroatoms. The number of carboxylic acids is 2. The predicted molar refractivity (Wildman–Crippen MR) is 47.7 cm³/mol. The van der Waals surface area contributed by atoms with Crippen molar-refractivity contribution in [3.8, 4) is 0 Å². The Kier molecular flexibility index (Phi) is 13.5. The van der Waals surface area contributed by atoms with Gasteiger partial charge >= 0.3 is 35.0 Å². The summed E-state index contributed by atoms with van der Waals surface area (Å²) in [6.45, 7) is 0. The fraction of sp³-hybridized carbons (Fsp3) is 0.600. The summed E-state index contributed by atoms with van der Waals surface area (Å²) >= 11 is 0. The summed E-state index contributed by atoms with van der Waals surface area (Å²) in [6.07, 6.45) is -0.224. The number of carboxylic acid groups (broad SMARTS) is 2. The van der Waals surface area contributed by atoms with Crippen LogP contribution in [0.25, 0.3) is 0 Å². The van der Waals surface area contributed by atoms with Crippen molar-refractivity contribution in [1.29, 1.82) is 0 Å². The Hall–Kier alpha value is -0.0438. The minimum absolute atomic E-state index is 0. The van der Waals surface area contributed by atoms with Gasteiger partial charge in [-0.25, -0.2) is 0 Å². The first-order valence-corrected chi connectivity index (χ1v) is 2.74. The van der Waals surface area contributed by atoms with Crippen molar-refractivity contribution in [1.82, 2.24) is 0 Å². The Morgan fingerprint density at radius 2 is 1.83 bits per heavy atom. The molecule has 0 unspecified atom stereocenters. The van der Waals surface area contributed by atoms with Crippen LogP contribution in [0.2, 0.25) is 0 Å². The molecular formula is C5H12ClMgNO4. The van der Waals surface area contributed by atoms with Crippen molar-refractivity contribution in [2.75, 3.05) is 0 Å². The summed E-state index contributed by atoms with van der Waals surface area (Å²) < 4.78 is 0. The van der Waals surface area contributed by atoms with Gasteiger partial charge < -0.3 is 18.8 Å². The van der Waals surface area contributed by atoms with Crippen LogP contribution in [0.5, 0.6) is 0 Å². The molecule has 0 heterocycles. The Balaban J connectivity index is -0.0000000675. The Bertz CT molecular complexity index is 163. The summed E-state index contributed by atoms with van der Waals surface area (Å²) in [4.78, 5) is 19.9. The first-order chi connectivity index (χ1) is 4.54. The van der Waals surface area contributed by atoms with Gasteiger partial charge in [0, 0.05) is 6.42 Å². The predicted octanol–water partition coefficient (Wildman–Crippen LogP) is -0.471. The number of halogens is 1. The zero-order chi connectivity index (χ0) is 8.15. The summed E-state index contributed by atoms with van der Waals surface area (Å²) in [6, 6.07) is -1.06. The fourth-order valence-corrected chi connectivity index (χ4v) is 0.402. The number of aliphatic carboxylic acids is 2. The zero-order valence-electron chi connectivity index (χ0n) is 8.40. The van der Waals surface area contributed by atoms with Crippen LogP contribution in [-0.2, 0) is 9.59 Å². The Morgan fingerprint density at radius 3 is 2.08 bits per heavy atom. The van der Waals surface area contributed by atoms with Crippen LogP contribution in [0.3, 0.4) is 0 Å². The molecule has 0 spiro atoms. The van der Waals surface area contributed by atoms with Gasteiger partial charge in [0.15, 0.2) is 0 Å². The van der Waals surface area contributed by atoms with Crippen LogP contribution in [-0.4, -0.2) is 51.2 Å². The summed E-state index contributed by atoms with van der Waals surface area (Å²) in [5, 5.41) is 16.3. The van der Waals surface area contributed by atoms with E-state index < -0.39 is 18.0 Å². The van der Waals surface area contributed by atoms with Gasteiger partial charge in [-0.1, -0.05) is 0 Å². The number of hydrogen-bond donors (Lipinski definition) is 3. The number of nitrogens with two attached hydrogens (primary N) is 1. The van der Waals surface area contributed by atoms with E-state index in [4.69, 9.17) is 15.9 Å². The van der Waals surface area contributed by atoms with E-state index in [0.717, 1.165) is 0 Å². The van der Waals surface area contributed by atoms with Gasteiger partial charge in [-0.2, -0.15) is 0 Å². The van der Waals surface area contributed by atoms with Crippen molar-refractivity contribution >= 4 is 47.4 Å². The molecular weight excluding hydrogens is 198 g/mol. The van der Waals surface area contributed by atoms with E-state index in [-0.39, 0.29) is 51.2 Å². The topological polar surface area (TPSA) is 101 Å². The van der Waals surface area contributed by atoms with E-state index in [1.807, 2.05) is 0 Å². The molecule has 0 aromatic heterocycles. The third-order valence-electron chi connectivity index (χ3n) is 0.986. The average Bonchev–Trinajstić information content (AvgIpc) is 1.82. The van der Waals surface area contributed by atoms with Crippen molar-refractivity contribution < 1.29 is 22.7 Å². The largest absolute Gasteiger partial charge is 2.00 e. The molecule has 12 heavy (non-hydrogen) atoms. The van der Waals surface area contributed by atoms with Gasteiger partial charge in [-0.15, -0.1) is 12.4 Å². The summed E-state index contributed by atoms with van der Waals surface area (Å²) in [5.41, 5.74) is 5.00. The van der Waals surface area contributed by atoms with Crippen LogP contribution >= 0.6 is 12.4 Å². The molecule has 0 bridgehead atoms. The van der Waals surface area contributed by atoms with Gasteiger partial charge in [0.2, 0.25) is 0 Å². The van der Waals surface area contributed by atoms with Gasteiger partial charge in [-0.3, -0.25) is 9.59 Å². The molecule has 0 rings (SSSR count). The van der Waals surface area contributed by atoms with Gasteiger partial charge in [-0.05, 0) is 6.42 Å². The van der Waals surface area contributed by atoms with Crippen LogP contribution in [0.1, 0.15) is 15.7 Å². The molecule has 0 amide bonds. The van der Waals surface area contributed by atoms with Gasteiger partial charge in [0.25, 0.3) is 0 Å². The molecule has 70 valence electrons. The van der Waals surface area contributed by atoms with Crippen molar-refractivity contribution in [3.05, 3.63) is 0 Å². The molecule has 0 aliphatic carbocycles. The van der Waals surface area contributed by atoms with Crippen LogP contribution in [0, 0.1) is 0 Å². The number of rotatable bonds is 4. The second-order valence-electron chi connectivity index (χ2n) is 1.88. The maximum Gasteiger partial charge on any atom is 2.00 e. The molecule has 0 fully saturated rings. The molecule has 1 atom stereocenters. The molecule has 5 nitrogen and oxygen atoms in total. The molecule has 4 N–H and O–H groups in total. The quantitative estimate of drug-likeness (QED) is 0.544. The zero-order valence-corrected chi connectivity index (χ0v) is 8.63. The first kappa shape index (κ1) is 17.9. The monoisotopic (exact) mass is 209 g/mol. The van der Waals surface area contributed by atoms with E-state index in [0.29, 0.717) is 0 Å². The molecule has 0 radical (unpaired) electrons. The Labute approximate surface area is 94.8 Å². The van der Waals surface area contributed by atoms with E-state index in [1.165, 1.54) is 0 Å². The normalized spacial score (nSPS) is 10.4. The molecule has 0 aliphatic rings. The van der Waals surface area contributed by atoms with Crippen LogP contribution in [0.4, 0.5) is 0 Å². The smallest absolute Gasteiger partial charge is 1.00 e. The third kappa shape index (κ3) is 9.96. The van der Waals surface area contributed by atoms with E-state index in [1.54, 1.807) is 0 Å². The second-order valence-corrected chi connectivity index (χ2v) is 1.88. The molecule has 0 aromatic carbocycles. The maximum absolute atomic E-state index is 9.99. The van der Waals surface area contributed by atoms with Crippen LogP contribution in [0.15, 0.2) is 0 Å². The summed E-state index contributed by atoms with van der Waals surface area (Å²) in [7, 11) is 0. The number of hydrogen-bond acceptors (Lipinski definition) is 3. The van der Waals surface area contributed by atoms with Gasteiger partial charge in [0.1, 0.15) is 6.04 Å². The molecule has 0 saturated carbocycles. The Morgan fingerprint density at radius 1 is 1.42 bits per heavy atom. The van der Waals surface area contributed by atoms with Crippen LogP contribution < -0.4 is 5.73 Å². The van der Waals surface area contributed by atoms with E-state index in [2.05, 4.69) is 0 Å². The SMILES string of the molecule is Cl.N[C@H](CCC(=O)O)C(=O)O.[H-].[H-].[Mg+2]. The number of carbonyl (C=O) groups is 2. The standard InChI is InChI=1S/C5H9NO4.ClH.Mg.2H/c6-3(5(9)10)1-2-4(7)8;;;;/h3H,1-2,6H2,(H,7,8)(H,9,10);1H;;;/q;;+2;2*-1/t3-;;;;/m1..../s1. The minimum atomic E-state index is -1.17. The fourth-order valence-electron chi connectivity index (χ4n) is 0.402. The first-order valence-electron chi connectivity index (χ1n) is 2.74. The van der Waals surface area contributed by atoms with Crippen molar-refractivity contribution in [3.63, 3.8) is 0 Å². The second kappa shape index (κ2) is 9.05. The average molecular weight is 210 g/mol. The van der Waals surface area contributed by atoms with E-state index in [9.17, 15) is 9.59 Å². The minimum Gasteiger partial charge on any atom is -1.00 e. The van der Waals surface area contributed by atoms with Crippen molar-refractivity contribution in [2.45, 2.75) is 18.9 Å². The third-order valence-corrected chi connectivity index (χ3v) is 0.986. The molecule has 0 aliphatic heterocycles. The van der Waals surface area contributed by atoms with E-state index >= 15 is 0 Å². The molecule has 0 aromatic rings. The van der Waals surface area contributed by atoms with Gasteiger partial charge in [0.05, 0.1) is 0 Å².